The molecule has 4 heteroatoms. The number of benzene rings is 1. The molecule has 0 atom stereocenters. The van der Waals surface area contributed by atoms with Gasteiger partial charge in [0.05, 0.1) is 5.69 Å². The van der Waals surface area contributed by atoms with Gasteiger partial charge in [-0.1, -0.05) is 6.07 Å². The Morgan fingerprint density at radius 1 is 1.47 bits per heavy atom. The van der Waals surface area contributed by atoms with Crippen LogP contribution in [0.2, 0.25) is 0 Å². The van der Waals surface area contributed by atoms with E-state index in [4.69, 9.17) is 4.74 Å². The lowest BCUT2D eigenvalue weighted by Crippen LogP contribution is -2.27. The molecule has 2 aliphatic rings. The second-order valence-corrected chi connectivity index (χ2v) is 4.86. The molecular weight excluding hydrogens is 216 g/mol. The summed E-state index contributed by atoms with van der Waals surface area (Å²) in [6, 6.07) is 6.11. The lowest BCUT2D eigenvalue weighted by Gasteiger charge is -2.21. The number of carbonyl (C=O) groups is 1. The summed E-state index contributed by atoms with van der Waals surface area (Å²) in [6.07, 6.45) is 2.44. The van der Waals surface area contributed by atoms with Gasteiger partial charge in [-0.2, -0.15) is 0 Å². The standard InChI is InChI=1S/C13H16N2O2/c1-14-8-13(4-5-13)9-2-3-10-11(6-9)17-7-12(16)15-10/h2-3,6,14H,4-5,7-8H2,1H3,(H,15,16). The minimum atomic E-state index is -0.0818. The number of anilines is 1. The Labute approximate surface area is 100 Å². The van der Waals surface area contributed by atoms with Crippen LogP contribution in [0.1, 0.15) is 18.4 Å². The monoisotopic (exact) mass is 232 g/mol. The van der Waals surface area contributed by atoms with Crippen LogP contribution in [-0.2, 0) is 10.2 Å². The molecule has 0 aromatic heterocycles. The van der Waals surface area contributed by atoms with E-state index < -0.39 is 0 Å². The number of hydrogen-bond donors (Lipinski definition) is 2. The molecule has 0 unspecified atom stereocenters. The topological polar surface area (TPSA) is 50.4 Å². The van der Waals surface area contributed by atoms with Gasteiger partial charge in [0.25, 0.3) is 5.91 Å². The highest BCUT2D eigenvalue weighted by molar-refractivity contribution is 5.95. The fourth-order valence-corrected chi connectivity index (χ4v) is 2.46. The van der Waals surface area contributed by atoms with Crippen LogP contribution in [0.25, 0.3) is 0 Å². The van der Waals surface area contributed by atoms with Crippen LogP contribution < -0.4 is 15.4 Å². The zero-order valence-electron chi connectivity index (χ0n) is 9.88. The third-order valence-electron chi connectivity index (χ3n) is 3.60. The lowest BCUT2D eigenvalue weighted by atomic mass is 9.95. The Morgan fingerprint density at radius 2 is 2.29 bits per heavy atom. The van der Waals surface area contributed by atoms with Crippen molar-refractivity contribution >= 4 is 11.6 Å². The number of likely N-dealkylation sites (N-methyl/N-ethyl adjacent to an activating group) is 1. The van der Waals surface area contributed by atoms with E-state index in [1.807, 2.05) is 13.1 Å². The molecule has 1 aliphatic carbocycles. The number of rotatable bonds is 3. The Morgan fingerprint density at radius 3 is 3.00 bits per heavy atom. The molecule has 17 heavy (non-hydrogen) atoms. The largest absolute Gasteiger partial charge is 0.482 e. The molecule has 1 saturated carbocycles. The normalized spacial score (nSPS) is 20.2. The zero-order chi connectivity index (χ0) is 11.9. The van der Waals surface area contributed by atoms with E-state index in [-0.39, 0.29) is 17.9 Å². The van der Waals surface area contributed by atoms with Crippen LogP contribution in [0, 0.1) is 0 Å². The predicted octanol–water partition coefficient (Wildman–Crippen LogP) is 1.27. The molecule has 2 N–H and O–H groups in total. The van der Waals surface area contributed by atoms with Crippen LogP contribution in [0.3, 0.4) is 0 Å². The highest BCUT2D eigenvalue weighted by Gasteiger charge is 2.43. The first kappa shape index (κ1) is 10.6. The van der Waals surface area contributed by atoms with Crippen LogP contribution in [0.4, 0.5) is 5.69 Å². The Bertz CT molecular complexity index is 466. The Hall–Kier alpha value is -1.55. The number of fused-ring (bicyclic) bond motifs is 1. The Balaban J connectivity index is 1.91. The van der Waals surface area contributed by atoms with Crippen LogP contribution in [0.15, 0.2) is 18.2 Å². The molecule has 90 valence electrons. The quantitative estimate of drug-likeness (QED) is 0.825. The maximum atomic E-state index is 11.2. The van der Waals surface area contributed by atoms with E-state index in [2.05, 4.69) is 22.8 Å². The van der Waals surface area contributed by atoms with Gasteiger partial charge in [0, 0.05) is 12.0 Å². The maximum absolute atomic E-state index is 11.2. The third kappa shape index (κ3) is 1.78. The summed E-state index contributed by atoms with van der Waals surface area (Å²) in [4.78, 5) is 11.2. The first-order chi connectivity index (χ1) is 8.23. The van der Waals surface area contributed by atoms with E-state index in [1.165, 1.54) is 18.4 Å². The lowest BCUT2D eigenvalue weighted by molar-refractivity contribution is -0.118. The summed E-state index contributed by atoms with van der Waals surface area (Å²) in [7, 11) is 1.98. The molecule has 1 heterocycles. The van der Waals surface area contributed by atoms with Gasteiger partial charge in [0.2, 0.25) is 0 Å². The summed E-state index contributed by atoms with van der Waals surface area (Å²) in [5.41, 5.74) is 2.38. The molecular formula is C13H16N2O2. The second kappa shape index (κ2) is 3.74. The second-order valence-electron chi connectivity index (χ2n) is 4.86. The maximum Gasteiger partial charge on any atom is 0.262 e. The third-order valence-corrected chi connectivity index (χ3v) is 3.60. The van der Waals surface area contributed by atoms with Gasteiger partial charge < -0.3 is 15.4 Å². The van der Waals surface area contributed by atoms with Crippen molar-refractivity contribution in [3.8, 4) is 5.75 Å². The van der Waals surface area contributed by atoms with Crippen LogP contribution in [-0.4, -0.2) is 26.1 Å². The molecule has 3 rings (SSSR count). The molecule has 0 spiro atoms. The van der Waals surface area contributed by atoms with Crippen LogP contribution in [0.5, 0.6) is 5.75 Å². The van der Waals surface area contributed by atoms with Crippen LogP contribution >= 0.6 is 0 Å². The fraction of sp³-hybridized carbons (Fsp3) is 0.462. The van der Waals surface area contributed by atoms with Crippen molar-refractivity contribution in [2.75, 3.05) is 25.5 Å². The first-order valence-corrected chi connectivity index (χ1v) is 5.95. The van der Waals surface area contributed by atoms with Gasteiger partial charge in [0.1, 0.15) is 5.75 Å². The van der Waals surface area contributed by atoms with Gasteiger partial charge in [-0.3, -0.25) is 4.79 Å². The predicted molar refractivity (Wildman–Crippen MR) is 65.4 cm³/mol. The van der Waals surface area contributed by atoms with Gasteiger partial charge in [-0.25, -0.2) is 0 Å². The number of nitrogens with one attached hydrogen (secondary N) is 2. The summed E-state index contributed by atoms with van der Waals surface area (Å²) in [5.74, 6) is 0.714. The highest BCUT2D eigenvalue weighted by atomic mass is 16.5. The number of amides is 1. The van der Waals surface area contributed by atoms with Crippen molar-refractivity contribution in [1.29, 1.82) is 0 Å². The summed E-state index contributed by atoms with van der Waals surface area (Å²) >= 11 is 0. The molecule has 1 aromatic rings. The van der Waals surface area contributed by atoms with E-state index in [1.54, 1.807) is 0 Å². The summed E-state index contributed by atoms with van der Waals surface area (Å²) < 4.78 is 5.45. The smallest absolute Gasteiger partial charge is 0.262 e. The molecule has 0 saturated heterocycles. The van der Waals surface area contributed by atoms with Crippen molar-refractivity contribution in [3.05, 3.63) is 23.8 Å². The minimum Gasteiger partial charge on any atom is -0.482 e. The average Bonchev–Trinajstić information content (AvgIpc) is 3.10. The number of ether oxygens (including phenoxy) is 1. The summed E-state index contributed by atoms with van der Waals surface area (Å²) in [6.45, 7) is 1.12. The van der Waals surface area contributed by atoms with Gasteiger partial charge >= 0.3 is 0 Å². The molecule has 4 nitrogen and oxygen atoms in total. The van der Waals surface area contributed by atoms with Gasteiger partial charge in [-0.05, 0) is 37.6 Å². The van der Waals surface area contributed by atoms with Crippen molar-refractivity contribution in [2.45, 2.75) is 18.3 Å². The average molecular weight is 232 g/mol. The van der Waals surface area contributed by atoms with Gasteiger partial charge in [-0.15, -0.1) is 0 Å². The first-order valence-electron chi connectivity index (χ1n) is 5.95. The van der Waals surface area contributed by atoms with E-state index >= 15 is 0 Å². The molecule has 1 amide bonds. The number of carbonyl (C=O) groups excluding carboxylic acids is 1. The van der Waals surface area contributed by atoms with E-state index in [0.717, 1.165) is 18.0 Å². The molecule has 1 aliphatic heterocycles. The van der Waals surface area contributed by atoms with E-state index in [9.17, 15) is 4.79 Å². The Kier molecular flexibility index (Phi) is 2.33. The minimum absolute atomic E-state index is 0.0818. The highest BCUT2D eigenvalue weighted by Crippen LogP contribution is 2.49. The molecule has 1 fully saturated rings. The zero-order valence-corrected chi connectivity index (χ0v) is 9.88. The number of hydrogen-bond acceptors (Lipinski definition) is 3. The molecule has 0 bridgehead atoms. The fourth-order valence-electron chi connectivity index (χ4n) is 2.46. The van der Waals surface area contributed by atoms with Crippen molar-refractivity contribution in [3.63, 3.8) is 0 Å². The molecule has 1 aromatic carbocycles. The van der Waals surface area contributed by atoms with Gasteiger partial charge in [0.15, 0.2) is 6.61 Å². The van der Waals surface area contributed by atoms with Crippen molar-refractivity contribution < 1.29 is 9.53 Å². The van der Waals surface area contributed by atoms with Crippen molar-refractivity contribution in [2.24, 2.45) is 0 Å². The molecule has 0 radical (unpaired) electrons. The SMILES string of the molecule is CNCC1(c2ccc3c(c2)OCC(=O)N3)CC1. The van der Waals surface area contributed by atoms with Crippen molar-refractivity contribution in [1.82, 2.24) is 5.32 Å². The summed E-state index contributed by atoms with van der Waals surface area (Å²) in [5, 5.41) is 6.06. The van der Waals surface area contributed by atoms with E-state index in [0.29, 0.717) is 0 Å².